The van der Waals surface area contributed by atoms with Crippen LogP contribution in [0.2, 0.25) is 0 Å². The largest absolute Gasteiger partial charge is 0.361 e. The van der Waals surface area contributed by atoms with Crippen LogP contribution in [-0.2, 0) is 10.2 Å². The topological polar surface area (TPSA) is 101 Å². The summed E-state index contributed by atoms with van der Waals surface area (Å²) in [5.41, 5.74) is 9.57. The number of aromatic amines is 3. The second kappa shape index (κ2) is 9.72. The van der Waals surface area contributed by atoms with E-state index in [-0.39, 0.29) is 11.7 Å². The van der Waals surface area contributed by atoms with Crippen LogP contribution in [0.5, 0.6) is 0 Å². The van der Waals surface area contributed by atoms with E-state index in [1.807, 2.05) is 24.4 Å². The first-order valence-electron chi connectivity index (χ1n) is 13.4. The highest BCUT2D eigenvalue weighted by Gasteiger charge is 2.28. The van der Waals surface area contributed by atoms with Crippen molar-refractivity contribution < 1.29 is 12.8 Å². The number of rotatable bonds is 6. The Morgan fingerprint density at radius 1 is 1.07 bits per heavy atom. The summed E-state index contributed by atoms with van der Waals surface area (Å²) in [4.78, 5) is 14.8. The molecule has 0 atom stereocenters. The summed E-state index contributed by atoms with van der Waals surface area (Å²) in [5, 5.41) is 1.96. The number of halogens is 1. The molecular formula is C30H33FN6O2S. The molecule has 1 aromatic carbocycles. The smallest absolute Gasteiger partial charge is 0.281 e. The van der Waals surface area contributed by atoms with Crippen molar-refractivity contribution in [3.63, 3.8) is 0 Å². The van der Waals surface area contributed by atoms with Crippen molar-refractivity contribution in [1.29, 1.82) is 0 Å². The van der Waals surface area contributed by atoms with Crippen LogP contribution in [0.25, 0.3) is 49.9 Å². The van der Waals surface area contributed by atoms with E-state index in [1.54, 1.807) is 26.4 Å². The van der Waals surface area contributed by atoms with Gasteiger partial charge in [-0.15, -0.1) is 0 Å². The molecule has 3 N–H and O–H groups in total. The fourth-order valence-corrected chi connectivity index (χ4v) is 6.92. The van der Waals surface area contributed by atoms with Crippen LogP contribution in [0.15, 0.2) is 48.8 Å². The maximum absolute atomic E-state index is 14.6. The average Bonchev–Trinajstić information content (AvgIpc) is 3.64. The zero-order chi connectivity index (χ0) is 28.3. The highest BCUT2D eigenvalue weighted by atomic mass is 32.2. The number of nitrogens with one attached hydrogen (secondary N) is 3. The van der Waals surface area contributed by atoms with Gasteiger partial charge in [0.05, 0.1) is 5.69 Å². The Morgan fingerprint density at radius 2 is 1.88 bits per heavy atom. The van der Waals surface area contributed by atoms with Crippen LogP contribution >= 0.6 is 0 Å². The van der Waals surface area contributed by atoms with Gasteiger partial charge in [0, 0.05) is 78.4 Å². The van der Waals surface area contributed by atoms with Crippen molar-refractivity contribution >= 4 is 37.7 Å². The summed E-state index contributed by atoms with van der Waals surface area (Å²) in [6, 6.07) is 9.25. The van der Waals surface area contributed by atoms with Crippen LogP contribution in [0.3, 0.4) is 0 Å². The van der Waals surface area contributed by atoms with Crippen molar-refractivity contribution in [3.8, 4) is 22.4 Å². The van der Waals surface area contributed by atoms with Crippen molar-refractivity contribution in [3.05, 3.63) is 71.6 Å². The second-order valence-electron chi connectivity index (χ2n) is 10.9. The Balaban J connectivity index is 1.46. The third-order valence-electron chi connectivity index (χ3n) is 7.81. The molecule has 5 heterocycles. The lowest BCUT2D eigenvalue weighted by Crippen LogP contribution is -2.42. The number of hydrogen-bond acceptors (Lipinski definition) is 3. The van der Waals surface area contributed by atoms with Gasteiger partial charge in [0.1, 0.15) is 11.5 Å². The Labute approximate surface area is 233 Å². The number of aromatic nitrogens is 4. The molecule has 6 rings (SSSR count). The maximum Gasteiger partial charge on any atom is 0.281 e. The van der Waals surface area contributed by atoms with E-state index in [0.717, 1.165) is 66.8 Å². The number of aryl methyl sites for hydroxylation is 1. The van der Waals surface area contributed by atoms with Gasteiger partial charge in [-0.1, -0.05) is 19.9 Å². The zero-order valence-electron chi connectivity index (χ0n) is 23.3. The molecule has 8 nitrogen and oxygen atoms in total. The molecule has 5 aromatic rings. The third-order valence-corrected chi connectivity index (χ3v) is 9.72. The Bertz CT molecular complexity index is 1890. The first-order chi connectivity index (χ1) is 19.1. The van der Waals surface area contributed by atoms with E-state index in [2.05, 4.69) is 46.8 Å². The van der Waals surface area contributed by atoms with Gasteiger partial charge < -0.3 is 15.0 Å². The van der Waals surface area contributed by atoms with Gasteiger partial charge in [0.25, 0.3) is 10.2 Å². The van der Waals surface area contributed by atoms with Crippen LogP contribution in [0.4, 0.5) is 4.39 Å². The average molecular weight is 561 g/mol. The van der Waals surface area contributed by atoms with Gasteiger partial charge in [-0.3, -0.25) is 0 Å². The normalized spacial score (nSPS) is 15.2. The maximum atomic E-state index is 14.6. The van der Waals surface area contributed by atoms with E-state index in [9.17, 15) is 12.8 Å². The minimum atomic E-state index is -3.45. The van der Waals surface area contributed by atoms with Gasteiger partial charge in [-0.25, -0.2) is 9.37 Å². The summed E-state index contributed by atoms with van der Waals surface area (Å²) in [5.74, 6) is -0.118. The van der Waals surface area contributed by atoms with Crippen LogP contribution in [0, 0.1) is 12.7 Å². The van der Waals surface area contributed by atoms with Crippen LogP contribution < -0.4 is 0 Å². The minimum absolute atomic E-state index is 0.166. The van der Waals surface area contributed by atoms with E-state index >= 15 is 0 Å². The van der Waals surface area contributed by atoms with E-state index in [1.165, 1.54) is 14.7 Å². The molecule has 0 unspecified atom stereocenters. The quantitative estimate of drug-likeness (QED) is 0.231. The molecular weight excluding hydrogens is 527 g/mol. The predicted octanol–water partition coefficient (Wildman–Crippen LogP) is 6.17. The molecule has 4 aromatic heterocycles. The molecule has 40 heavy (non-hydrogen) atoms. The summed E-state index contributed by atoms with van der Waals surface area (Å²) >= 11 is 0. The predicted molar refractivity (Wildman–Crippen MR) is 159 cm³/mol. The Hall–Kier alpha value is -3.73. The van der Waals surface area contributed by atoms with Gasteiger partial charge in [0.2, 0.25) is 0 Å². The number of fused-ring (bicyclic) bond motifs is 2. The molecule has 0 amide bonds. The lowest BCUT2D eigenvalue weighted by molar-refractivity contribution is 0.396. The SMILES string of the molecule is Cc1[nH]c(-c2cc(F)cc3[nH]ccc23)c(C(C)C)c1-c1ccnc2[nH]c(C3=CCN(S(=O)(=O)N(C)C)CC3)cc12. The summed E-state index contributed by atoms with van der Waals surface area (Å²) in [6.07, 6.45) is 6.22. The van der Waals surface area contributed by atoms with Gasteiger partial charge in [-0.05, 0) is 66.3 Å². The minimum Gasteiger partial charge on any atom is -0.361 e. The van der Waals surface area contributed by atoms with Crippen molar-refractivity contribution in [2.75, 3.05) is 27.2 Å². The van der Waals surface area contributed by atoms with Crippen molar-refractivity contribution in [2.45, 2.75) is 33.1 Å². The Morgan fingerprint density at radius 3 is 2.58 bits per heavy atom. The lowest BCUT2D eigenvalue weighted by Gasteiger charge is -2.27. The highest BCUT2D eigenvalue weighted by molar-refractivity contribution is 7.86. The molecule has 0 spiro atoms. The fourth-order valence-electron chi connectivity index (χ4n) is 5.87. The van der Waals surface area contributed by atoms with Gasteiger partial charge in [-0.2, -0.15) is 17.0 Å². The van der Waals surface area contributed by atoms with E-state index < -0.39 is 10.2 Å². The molecule has 208 valence electrons. The number of benzene rings is 1. The summed E-state index contributed by atoms with van der Waals surface area (Å²) in [7, 11) is -0.353. The monoisotopic (exact) mass is 560 g/mol. The summed E-state index contributed by atoms with van der Waals surface area (Å²) < 4.78 is 42.5. The molecule has 0 aliphatic carbocycles. The van der Waals surface area contributed by atoms with Crippen LogP contribution in [-0.4, -0.2) is 64.1 Å². The lowest BCUT2D eigenvalue weighted by atomic mass is 9.89. The third kappa shape index (κ3) is 4.27. The molecule has 0 radical (unpaired) electrons. The standard InChI is InChI=1S/C30H33FN6O2S/c1-17(2)27-28(18(3)34-29(27)23-14-20(31)15-26-21(23)6-10-32-26)22-7-11-33-30-24(22)16-25(35-30)19-8-12-37(13-9-19)40(38,39)36(4)5/h6-8,10-11,14-17,32,34H,9,12-13H2,1-5H3,(H,33,35). The summed E-state index contributed by atoms with van der Waals surface area (Å²) in [6.45, 7) is 7.11. The molecule has 0 fully saturated rings. The molecule has 0 saturated heterocycles. The van der Waals surface area contributed by atoms with Crippen molar-refractivity contribution in [1.82, 2.24) is 28.5 Å². The van der Waals surface area contributed by atoms with Crippen LogP contribution in [0.1, 0.15) is 43.1 Å². The molecule has 0 saturated carbocycles. The first kappa shape index (κ1) is 26.5. The van der Waals surface area contributed by atoms with E-state index in [0.29, 0.717) is 19.5 Å². The molecule has 1 aliphatic heterocycles. The fraction of sp³-hybridized carbons (Fsp3) is 0.300. The molecule has 0 bridgehead atoms. The number of hydrogen-bond donors (Lipinski definition) is 3. The second-order valence-corrected chi connectivity index (χ2v) is 13.0. The number of nitrogens with zero attached hydrogens (tertiary/aromatic N) is 3. The van der Waals surface area contributed by atoms with Crippen molar-refractivity contribution in [2.24, 2.45) is 0 Å². The molecule has 1 aliphatic rings. The first-order valence-corrected chi connectivity index (χ1v) is 14.8. The molecule has 10 heteroatoms. The Kier molecular flexibility index (Phi) is 6.44. The van der Waals surface area contributed by atoms with Gasteiger partial charge in [0.15, 0.2) is 0 Å². The number of H-pyrrole nitrogens is 3. The van der Waals surface area contributed by atoms with Gasteiger partial charge >= 0.3 is 0 Å². The van der Waals surface area contributed by atoms with E-state index in [4.69, 9.17) is 0 Å². The number of pyridine rings is 1. The highest BCUT2D eigenvalue weighted by Crippen LogP contribution is 2.44. The zero-order valence-corrected chi connectivity index (χ0v) is 24.1.